The Balaban J connectivity index is 2.50. The van der Waals surface area contributed by atoms with Gasteiger partial charge in [-0.2, -0.15) is 0 Å². The number of anilines is 1. The van der Waals surface area contributed by atoms with Gasteiger partial charge in [-0.05, 0) is 31.0 Å². The van der Waals surface area contributed by atoms with Crippen molar-refractivity contribution >= 4 is 34.8 Å². The summed E-state index contributed by atoms with van der Waals surface area (Å²) in [5.74, 6) is -0.820. The Bertz CT molecular complexity index is 721. The van der Waals surface area contributed by atoms with Crippen LogP contribution in [0.15, 0.2) is 30.0 Å². The van der Waals surface area contributed by atoms with Gasteiger partial charge in [0.25, 0.3) is 0 Å². The molecule has 0 aliphatic heterocycles. The normalized spacial score (nSPS) is 14.3. The van der Waals surface area contributed by atoms with Crippen LogP contribution in [-0.2, 0) is 9.59 Å². The fourth-order valence-corrected chi connectivity index (χ4v) is 2.51. The van der Waals surface area contributed by atoms with Crippen molar-refractivity contribution in [3.05, 3.63) is 40.6 Å². The number of Topliss-reactive ketones (excluding diaryl/α,β-unsaturated/α-hetero) is 2. The van der Waals surface area contributed by atoms with Crippen molar-refractivity contribution in [2.24, 2.45) is 5.92 Å². The summed E-state index contributed by atoms with van der Waals surface area (Å²) in [5.41, 5.74) is 0.829. The van der Waals surface area contributed by atoms with Gasteiger partial charge >= 0.3 is 0 Å². The Kier molecular flexibility index (Phi) is 5.44. The van der Waals surface area contributed by atoms with Crippen LogP contribution in [0.5, 0.6) is 0 Å². The highest BCUT2D eigenvalue weighted by atomic mass is 35.5. The molecule has 0 unspecified atom stereocenters. The van der Waals surface area contributed by atoms with E-state index < -0.39 is 0 Å². The molecular formula is C18H21ClN2O3. The number of amides is 1. The van der Waals surface area contributed by atoms with Crippen LogP contribution >= 0.6 is 11.6 Å². The van der Waals surface area contributed by atoms with Crippen LogP contribution in [0.1, 0.15) is 30.1 Å². The summed E-state index contributed by atoms with van der Waals surface area (Å²) in [5, 5.41) is 0.418. The summed E-state index contributed by atoms with van der Waals surface area (Å²) in [6, 6.07) is 4.70. The van der Waals surface area contributed by atoms with Gasteiger partial charge in [0.05, 0.1) is 11.3 Å². The van der Waals surface area contributed by atoms with Gasteiger partial charge in [-0.25, -0.2) is 0 Å². The van der Waals surface area contributed by atoms with Crippen LogP contribution in [0.2, 0.25) is 5.02 Å². The summed E-state index contributed by atoms with van der Waals surface area (Å²) in [7, 11) is 5.10. The van der Waals surface area contributed by atoms with Gasteiger partial charge in [0.1, 0.15) is 0 Å². The molecule has 1 aromatic carbocycles. The molecule has 0 aromatic heterocycles. The number of hydrogen-bond donors (Lipinski definition) is 0. The number of carbonyl (C=O) groups is 3. The van der Waals surface area contributed by atoms with E-state index in [1.165, 1.54) is 11.8 Å². The van der Waals surface area contributed by atoms with Crippen LogP contribution < -0.4 is 4.90 Å². The Morgan fingerprint density at radius 3 is 2.29 bits per heavy atom. The van der Waals surface area contributed by atoms with E-state index in [1.807, 2.05) is 0 Å². The lowest BCUT2D eigenvalue weighted by Crippen LogP contribution is -2.26. The molecule has 0 radical (unpaired) electrons. The highest BCUT2D eigenvalue weighted by Gasteiger charge is 2.35. The fourth-order valence-electron chi connectivity index (χ4n) is 2.35. The molecule has 1 saturated carbocycles. The van der Waals surface area contributed by atoms with E-state index in [-0.39, 0.29) is 29.0 Å². The number of ketones is 2. The first-order valence-corrected chi connectivity index (χ1v) is 8.11. The predicted octanol–water partition coefficient (Wildman–Crippen LogP) is 2.93. The highest BCUT2D eigenvalue weighted by Crippen LogP contribution is 2.34. The average Bonchev–Trinajstić information content (AvgIpc) is 3.35. The van der Waals surface area contributed by atoms with E-state index in [2.05, 4.69) is 0 Å². The van der Waals surface area contributed by atoms with Crippen LogP contribution in [0.4, 0.5) is 5.69 Å². The Hall–Kier alpha value is -2.14. The first kappa shape index (κ1) is 18.2. The molecule has 1 aliphatic rings. The maximum absolute atomic E-state index is 13.0. The molecule has 0 N–H and O–H groups in total. The summed E-state index contributed by atoms with van der Waals surface area (Å²) < 4.78 is 0. The van der Waals surface area contributed by atoms with Crippen LogP contribution in [0.3, 0.4) is 0 Å². The van der Waals surface area contributed by atoms with E-state index in [4.69, 9.17) is 11.6 Å². The van der Waals surface area contributed by atoms with E-state index in [1.54, 1.807) is 50.4 Å². The summed E-state index contributed by atoms with van der Waals surface area (Å²) in [6.45, 7) is 1.40. The minimum Gasteiger partial charge on any atom is -0.383 e. The average molecular weight is 349 g/mol. The van der Waals surface area contributed by atoms with Crippen molar-refractivity contribution in [2.75, 3.05) is 26.0 Å². The zero-order valence-electron chi connectivity index (χ0n) is 14.3. The molecule has 128 valence electrons. The number of halogens is 1. The third-order valence-electron chi connectivity index (χ3n) is 3.88. The minimum absolute atomic E-state index is 0.0681. The van der Waals surface area contributed by atoms with Gasteiger partial charge in [0, 0.05) is 50.8 Å². The largest absolute Gasteiger partial charge is 0.383 e. The molecule has 0 saturated heterocycles. The lowest BCUT2D eigenvalue weighted by atomic mass is 9.96. The van der Waals surface area contributed by atoms with Crippen LogP contribution in [0, 0.1) is 5.92 Å². The second-order valence-corrected chi connectivity index (χ2v) is 6.65. The minimum atomic E-state index is -0.389. The van der Waals surface area contributed by atoms with Gasteiger partial charge in [-0.1, -0.05) is 11.6 Å². The molecule has 0 atom stereocenters. The number of hydrogen-bond acceptors (Lipinski definition) is 4. The van der Waals surface area contributed by atoms with Crippen molar-refractivity contribution in [1.82, 2.24) is 4.90 Å². The number of carbonyl (C=O) groups excluding carboxylic acids is 3. The lowest BCUT2D eigenvalue weighted by molar-refractivity contribution is -0.117. The Morgan fingerprint density at radius 2 is 1.79 bits per heavy atom. The first-order valence-electron chi connectivity index (χ1n) is 7.73. The molecule has 1 aromatic rings. The molecule has 0 bridgehead atoms. The summed E-state index contributed by atoms with van der Waals surface area (Å²) >= 11 is 6.02. The number of rotatable bonds is 6. The van der Waals surface area contributed by atoms with Crippen LogP contribution in [-0.4, -0.2) is 43.5 Å². The zero-order valence-corrected chi connectivity index (χ0v) is 15.1. The van der Waals surface area contributed by atoms with Crippen molar-refractivity contribution in [3.63, 3.8) is 0 Å². The third-order valence-corrected chi connectivity index (χ3v) is 4.12. The molecule has 24 heavy (non-hydrogen) atoms. The molecule has 1 amide bonds. The van der Waals surface area contributed by atoms with Gasteiger partial charge in [-0.15, -0.1) is 0 Å². The molecule has 0 spiro atoms. The number of allylic oxidation sites excluding steroid dienone is 1. The standard InChI is InChI=1S/C18H21ClN2O3/c1-11(22)21(4)16-9-13(19)7-8-14(16)18(24)15(10-20(2)3)17(23)12-5-6-12/h7-10,12H,5-6H2,1-4H3/b15-10+. The monoisotopic (exact) mass is 348 g/mol. The third kappa shape index (κ3) is 4.03. The van der Waals surface area contributed by atoms with Crippen molar-refractivity contribution in [1.29, 1.82) is 0 Å². The highest BCUT2D eigenvalue weighted by molar-refractivity contribution is 6.32. The fraction of sp³-hybridized carbons (Fsp3) is 0.389. The van der Waals surface area contributed by atoms with Gasteiger partial charge < -0.3 is 9.80 Å². The van der Waals surface area contributed by atoms with Crippen molar-refractivity contribution < 1.29 is 14.4 Å². The topological polar surface area (TPSA) is 57.7 Å². The molecule has 1 aliphatic carbocycles. The molecule has 6 heteroatoms. The molecule has 0 heterocycles. The summed E-state index contributed by atoms with van der Waals surface area (Å²) in [6.07, 6.45) is 3.19. The smallest absolute Gasteiger partial charge is 0.223 e. The molecule has 5 nitrogen and oxygen atoms in total. The zero-order chi connectivity index (χ0) is 18.0. The van der Waals surface area contributed by atoms with Crippen molar-refractivity contribution in [2.45, 2.75) is 19.8 Å². The SMILES string of the molecule is CC(=O)N(C)c1cc(Cl)ccc1C(=O)/C(=C/N(C)C)C(=O)C1CC1. The van der Waals surface area contributed by atoms with Crippen LogP contribution in [0.25, 0.3) is 0 Å². The van der Waals surface area contributed by atoms with Crippen molar-refractivity contribution in [3.8, 4) is 0 Å². The van der Waals surface area contributed by atoms with Gasteiger partial charge in [0.2, 0.25) is 5.91 Å². The maximum Gasteiger partial charge on any atom is 0.223 e. The van der Waals surface area contributed by atoms with E-state index >= 15 is 0 Å². The molecule has 1 fully saturated rings. The number of benzene rings is 1. The second-order valence-electron chi connectivity index (χ2n) is 6.21. The summed E-state index contributed by atoms with van der Waals surface area (Å²) in [4.78, 5) is 40.3. The van der Waals surface area contributed by atoms with E-state index in [0.29, 0.717) is 16.3 Å². The quantitative estimate of drug-likeness (QED) is 0.343. The predicted molar refractivity (Wildman–Crippen MR) is 94.4 cm³/mol. The molecular weight excluding hydrogens is 328 g/mol. The van der Waals surface area contributed by atoms with Gasteiger partial charge in [-0.3, -0.25) is 14.4 Å². The second kappa shape index (κ2) is 7.18. The first-order chi connectivity index (χ1) is 11.2. The Labute approximate surface area is 146 Å². The number of nitrogens with zero attached hydrogens (tertiary/aromatic N) is 2. The maximum atomic E-state index is 13.0. The van der Waals surface area contributed by atoms with Gasteiger partial charge in [0.15, 0.2) is 11.6 Å². The van der Waals surface area contributed by atoms with E-state index in [0.717, 1.165) is 12.8 Å². The Morgan fingerprint density at radius 1 is 1.17 bits per heavy atom. The lowest BCUT2D eigenvalue weighted by Gasteiger charge is -2.20. The van der Waals surface area contributed by atoms with E-state index in [9.17, 15) is 14.4 Å². The molecule has 2 rings (SSSR count).